The largest absolute Gasteiger partial charge is 0.452 e. The smallest absolute Gasteiger partial charge is 0.258 e. The molecule has 1 aromatic rings. The van der Waals surface area contributed by atoms with Crippen molar-refractivity contribution in [3.63, 3.8) is 0 Å². The number of hydrogen-bond acceptors (Lipinski definition) is 3. The molecule has 18 heavy (non-hydrogen) atoms. The molecule has 1 heterocycles. The van der Waals surface area contributed by atoms with Gasteiger partial charge in [0, 0.05) is 13.1 Å². The number of carbonyl (C=O) groups is 1. The zero-order chi connectivity index (χ0) is 13.1. The van der Waals surface area contributed by atoms with Gasteiger partial charge in [0.15, 0.2) is 0 Å². The van der Waals surface area contributed by atoms with Crippen LogP contribution in [0.15, 0.2) is 16.7 Å². The Morgan fingerprint density at radius 3 is 2.89 bits per heavy atom. The first-order valence-corrected chi connectivity index (χ1v) is 6.73. The van der Waals surface area contributed by atoms with Crippen LogP contribution in [-0.4, -0.2) is 30.4 Å². The van der Waals surface area contributed by atoms with Crippen LogP contribution in [0.5, 0.6) is 0 Å². The minimum atomic E-state index is -0.0842. The molecule has 1 fully saturated rings. The highest BCUT2D eigenvalue weighted by Crippen LogP contribution is 2.29. The molecule has 2 N–H and O–H groups in total. The number of amides is 1. The highest BCUT2D eigenvalue weighted by Gasteiger charge is 2.31. The van der Waals surface area contributed by atoms with E-state index in [0.717, 1.165) is 19.3 Å². The van der Waals surface area contributed by atoms with Crippen LogP contribution in [0.1, 0.15) is 36.0 Å². The summed E-state index contributed by atoms with van der Waals surface area (Å²) < 4.78 is 4.97. The molecule has 2 atom stereocenters. The molecule has 0 saturated heterocycles. The van der Waals surface area contributed by atoms with Crippen molar-refractivity contribution in [3.8, 4) is 0 Å². The third-order valence-electron chi connectivity index (χ3n) is 3.84. The van der Waals surface area contributed by atoms with Gasteiger partial charge in [-0.05, 0) is 43.0 Å². The third kappa shape index (κ3) is 2.54. The highest BCUT2D eigenvalue weighted by atomic mass is 35.5. The van der Waals surface area contributed by atoms with E-state index < -0.39 is 0 Å². The van der Waals surface area contributed by atoms with E-state index in [-0.39, 0.29) is 17.2 Å². The molecule has 1 aromatic heterocycles. The lowest BCUT2D eigenvalue weighted by atomic mass is 9.83. The van der Waals surface area contributed by atoms with Crippen LogP contribution in [-0.2, 0) is 0 Å². The summed E-state index contributed by atoms with van der Waals surface area (Å²) >= 11 is 5.85. The van der Waals surface area contributed by atoms with Crippen LogP contribution in [0.25, 0.3) is 0 Å². The zero-order valence-electron chi connectivity index (χ0n) is 10.6. The Hall–Kier alpha value is -1.00. The van der Waals surface area contributed by atoms with Crippen LogP contribution >= 0.6 is 11.6 Å². The van der Waals surface area contributed by atoms with E-state index in [2.05, 4.69) is 0 Å². The molecular formula is C13H19ClN2O2. The number of hydrogen-bond donors (Lipinski definition) is 1. The second kappa shape index (κ2) is 5.76. The van der Waals surface area contributed by atoms with Gasteiger partial charge in [-0.1, -0.05) is 12.8 Å². The molecule has 1 saturated carbocycles. The molecule has 2 rings (SSSR count). The molecule has 0 aliphatic heterocycles. The SMILES string of the molecule is CN(C(=O)c1ccoc1Cl)C1CCCCC1CN. The molecule has 0 spiro atoms. The van der Waals surface area contributed by atoms with Gasteiger partial charge in [0.1, 0.15) is 0 Å². The standard InChI is InChI=1S/C13H19ClN2O2/c1-16(11-5-3-2-4-9(11)8-15)13(17)10-6-7-18-12(10)14/h6-7,9,11H,2-5,8,15H2,1H3. The number of rotatable bonds is 3. The maximum Gasteiger partial charge on any atom is 0.258 e. The Balaban J connectivity index is 2.12. The fourth-order valence-electron chi connectivity index (χ4n) is 2.76. The van der Waals surface area contributed by atoms with E-state index in [0.29, 0.717) is 18.0 Å². The Morgan fingerprint density at radius 1 is 1.56 bits per heavy atom. The summed E-state index contributed by atoms with van der Waals surface area (Å²) in [7, 11) is 1.82. The topological polar surface area (TPSA) is 59.5 Å². The summed E-state index contributed by atoms with van der Waals surface area (Å²) in [6.45, 7) is 0.626. The fourth-order valence-corrected chi connectivity index (χ4v) is 2.95. The number of nitrogens with two attached hydrogens (primary N) is 1. The molecule has 100 valence electrons. The summed E-state index contributed by atoms with van der Waals surface area (Å²) in [5, 5.41) is 0.159. The predicted molar refractivity (Wildman–Crippen MR) is 70.6 cm³/mol. The van der Waals surface area contributed by atoms with E-state index >= 15 is 0 Å². The lowest BCUT2D eigenvalue weighted by Gasteiger charge is -2.37. The van der Waals surface area contributed by atoms with Crippen molar-refractivity contribution in [2.45, 2.75) is 31.7 Å². The first-order valence-electron chi connectivity index (χ1n) is 6.35. The molecule has 4 nitrogen and oxygen atoms in total. The van der Waals surface area contributed by atoms with Crippen molar-refractivity contribution < 1.29 is 9.21 Å². The molecule has 5 heteroatoms. The van der Waals surface area contributed by atoms with E-state index in [4.69, 9.17) is 21.8 Å². The maximum atomic E-state index is 12.3. The first kappa shape index (κ1) is 13.4. The second-order valence-electron chi connectivity index (χ2n) is 4.87. The summed E-state index contributed by atoms with van der Waals surface area (Å²) in [4.78, 5) is 14.1. The van der Waals surface area contributed by atoms with E-state index in [1.807, 2.05) is 7.05 Å². The Labute approximate surface area is 112 Å². The monoisotopic (exact) mass is 270 g/mol. The number of furan rings is 1. The van der Waals surface area contributed by atoms with Gasteiger partial charge in [-0.15, -0.1) is 0 Å². The molecule has 0 aromatic carbocycles. The van der Waals surface area contributed by atoms with Gasteiger partial charge in [0.05, 0.1) is 11.8 Å². The molecule has 2 unspecified atom stereocenters. The van der Waals surface area contributed by atoms with Crippen LogP contribution in [0.2, 0.25) is 5.22 Å². The van der Waals surface area contributed by atoms with Crippen molar-refractivity contribution in [1.29, 1.82) is 0 Å². The van der Waals surface area contributed by atoms with E-state index in [1.165, 1.54) is 12.7 Å². The number of halogens is 1. The van der Waals surface area contributed by atoms with Crippen molar-refractivity contribution in [2.24, 2.45) is 11.7 Å². The van der Waals surface area contributed by atoms with E-state index in [9.17, 15) is 4.79 Å². The predicted octanol–water partition coefficient (Wildman–Crippen LogP) is 2.52. The lowest BCUT2D eigenvalue weighted by molar-refractivity contribution is 0.0620. The van der Waals surface area contributed by atoms with Crippen LogP contribution in [0.3, 0.4) is 0 Å². The fraction of sp³-hybridized carbons (Fsp3) is 0.615. The molecule has 1 aliphatic carbocycles. The third-order valence-corrected chi connectivity index (χ3v) is 4.13. The molecule has 0 radical (unpaired) electrons. The molecule has 1 amide bonds. The minimum absolute atomic E-state index is 0.0842. The normalized spacial score (nSPS) is 23.9. The Morgan fingerprint density at radius 2 is 2.28 bits per heavy atom. The first-order chi connectivity index (χ1) is 8.65. The van der Waals surface area contributed by atoms with Gasteiger partial charge in [-0.25, -0.2) is 0 Å². The molecule has 0 bridgehead atoms. The average Bonchev–Trinajstić information content (AvgIpc) is 2.83. The van der Waals surface area contributed by atoms with Gasteiger partial charge in [-0.2, -0.15) is 0 Å². The van der Waals surface area contributed by atoms with Crippen LogP contribution in [0, 0.1) is 5.92 Å². The quantitative estimate of drug-likeness (QED) is 0.918. The van der Waals surface area contributed by atoms with Crippen molar-refractivity contribution >= 4 is 17.5 Å². The average molecular weight is 271 g/mol. The maximum absolute atomic E-state index is 12.3. The van der Waals surface area contributed by atoms with Crippen LogP contribution < -0.4 is 5.73 Å². The highest BCUT2D eigenvalue weighted by molar-refractivity contribution is 6.32. The minimum Gasteiger partial charge on any atom is -0.452 e. The number of carbonyl (C=O) groups excluding carboxylic acids is 1. The summed E-state index contributed by atoms with van der Waals surface area (Å²) in [6.07, 6.45) is 5.90. The summed E-state index contributed by atoms with van der Waals surface area (Å²) in [5.41, 5.74) is 6.23. The van der Waals surface area contributed by atoms with Gasteiger partial charge in [-0.3, -0.25) is 4.79 Å². The van der Waals surface area contributed by atoms with Gasteiger partial charge in [0.25, 0.3) is 5.91 Å². The molecule has 1 aliphatic rings. The summed E-state index contributed by atoms with van der Waals surface area (Å²) in [6, 6.07) is 1.82. The zero-order valence-corrected chi connectivity index (χ0v) is 11.3. The van der Waals surface area contributed by atoms with Gasteiger partial charge >= 0.3 is 0 Å². The van der Waals surface area contributed by atoms with Gasteiger partial charge < -0.3 is 15.1 Å². The molecular weight excluding hydrogens is 252 g/mol. The van der Waals surface area contributed by atoms with E-state index in [1.54, 1.807) is 11.0 Å². The summed E-state index contributed by atoms with van der Waals surface area (Å²) in [5.74, 6) is 0.303. The van der Waals surface area contributed by atoms with Gasteiger partial charge in [0.2, 0.25) is 5.22 Å². The van der Waals surface area contributed by atoms with Crippen molar-refractivity contribution in [1.82, 2.24) is 4.90 Å². The lowest BCUT2D eigenvalue weighted by Crippen LogP contribution is -2.45. The number of nitrogens with zero attached hydrogens (tertiary/aromatic N) is 1. The van der Waals surface area contributed by atoms with Crippen LogP contribution in [0.4, 0.5) is 0 Å². The second-order valence-corrected chi connectivity index (χ2v) is 5.21. The Kier molecular flexibility index (Phi) is 4.30. The van der Waals surface area contributed by atoms with Crippen molar-refractivity contribution in [2.75, 3.05) is 13.6 Å². The van der Waals surface area contributed by atoms with Crippen molar-refractivity contribution in [3.05, 3.63) is 23.1 Å². The Bertz CT molecular complexity index is 419.